The van der Waals surface area contributed by atoms with Crippen LogP contribution < -0.4 is 10.5 Å². The summed E-state index contributed by atoms with van der Waals surface area (Å²) < 4.78 is 6.61. The average Bonchev–Trinajstić information content (AvgIpc) is 2.66. The van der Waals surface area contributed by atoms with Crippen LogP contribution in [-0.4, -0.2) is 29.9 Å². The van der Waals surface area contributed by atoms with Crippen LogP contribution in [0.5, 0.6) is 5.75 Å². The fourth-order valence-corrected chi connectivity index (χ4v) is 2.95. The summed E-state index contributed by atoms with van der Waals surface area (Å²) in [6.45, 7) is 3.29. The zero-order valence-corrected chi connectivity index (χ0v) is 17.1. The number of hydrogen-bond donors (Lipinski definition) is 1. The second-order valence-corrected chi connectivity index (χ2v) is 7.19. The van der Waals surface area contributed by atoms with E-state index in [-0.39, 0.29) is 18.9 Å². The van der Waals surface area contributed by atoms with Gasteiger partial charge in [-0.1, -0.05) is 59.6 Å². The van der Waals surface area contributed by atoms with Gasteiger partial charge in [0.2, 0.25) is 5.91 Å². The Bertz CT molecular complexity index is 765. The molecule has 0 spiro atoms. The van der Waals surface area contributed by atoms with Gasteiger partial charge >= 0.3 is 0 Å². The first kappa shape index (κ1) is 21.0. The van der Waals surface area contributed by atoms with Crippen molar-refractivity contribution in [2.45, 2.75) is 32.7 Å². The lowest BCUT2D eigenvalue weighted by atomic mass is 10.1. The molecule has 0 fully saturated rings. The number of benzene rings is 2. The number of halogens is 1. The van der Waals surface area contributed by atoms with Crippen molar-refractivity contribution in [3.05, 3.63) is 64.1 Å². The summed E-state index contributed by atoms with van der Waals surface area (Å²) in [5.41, 5.74) is 6.76. The third-order valence-electron chi connectivity index (χ3n) is 4.06. The van der Waals surface area contributed by atoms with E-state index < -0.39 is 5.91 Å². The van der Waals surface area contributed by atoms with E-state index in [1.54, 1.807) is 17.0 Å². The highest BCUT2D eigenvalue weighted by Crippen LogP contribution is 2.26. The number of rotatable bonds is 10. The van der Waals surface area contributed by atoms with Gasteiger partial charge in [-0.2, -0.15) is 0 Å². The molecule has 0 aromatic heterocycles. The van der Waals surface area contributed by atoms with E-state index in [0.717, 1.165) is 22.9 Å². The molecule has 0 unspecified atom stereocenters. The quantitative estimate of drug-likeness (QED) is 0.573. The van der Waals surface area contributed by atoms with Gasteiger partial charge < -0.3 is 15.4 Å². The van der Waals surface area contributed by atoms with Crippen LogP contribution in [-0.2, 0) is 11.3 Å². The van der Waals surface area contributed by atoms with Crippen molar-refractivity contribution >= 4 is 27.7 Å². The molecule has 2 N–H and O–H groups in total. The summed E-state index contributed by atoms with van der Waals surface area (Å²) in [5, 5.41) is 0. The van der Waals surface area contributed by atoms with Crippen LogP contribution in [0.25, 0.3) is 0 Å². The summed E-state index contributed by atoms with van der Waals surface area (Å²) in [6, 6.07) is 15.1. The number of primary amides is 1. The second-order valence-electron chi connectivity index (χ2n) is 6.27. The third kappa shape index (κ3) is 6.71. The van der Waals surface area contributed by atoms with Gasteiger partial charge in [-0.3, -0.25) is 9.59 Å². The Kier molecular flexibility index (Phi) is 8.33. The van der Waals surface area contributed by atoms with Gasteiger partial charge in [0.05, 0.1) is 12.2 Å². The van der Waals surface area contributed by atoms with Gasteiger partial charge in [0.1, 0.15) is 5.75 Å². The van der Waals surface area contributed by atoms with Crippen molar-refractivity contribution in [2.75, 3.05) is 13.2 Å². The number of carbonyl (C=O) groups is 2. The number of ether oxygens (including phenoxy) is 1. The molecule has 0 saturated carbocycles. The van der Waals surface area contributed by atoms with Crippen molar-refractivity contribution in [3.63, 3.8) is 0 Å². The van der Waals surface area contributed by atoms with Crippen molar-refractivity contribution in [2.24, 2.45) is 5.73 Å². The molecule has 0 saturated heterocycles. The molecule has 0 atom stereocenters. The summed E-state index contributed by atoms with van der Waals surface area (Å²) >= 11 is 3.42. The molecule has 0 aliphatic rings. The molecule has 0 radical (unpaired) electrons. The molecular weight excluding hydrogens is 408 g/mol. The summed E-state index contributed by atoms with van der Waals surface area (Å²) in [4.78, 5) is 26.1. The van der Waals surface area contributed by atoms with Crippen molar-refractivity contribution in [3.8, 4) is 5.75 Å². The normalized spacial score (nSPS) is 10.4. The summed E-state index contributed by atoms with van der Waals surface area (Å²) in [6.07, 6.45) is 2.04. The molecule has 144 valence electrons. The Morgan fingerprint density at radius 3 is 2.56 bits per heavy atom. The Morgan fingerprint density at radius 2 is 1.89 bits per heavy atom. The minimum atomic E-state index is -0.436. The number of unbranched alkanes of at least 4 members (excludes halogenated alkanes) is 1. The van der Waals surface area contributed by atoms with Gasteiger partial charge in [-0.05, 0) is 30.2 Å². The zero-order chi connectivity index (χ0) is 19.6. The molecule has 6 heteroatoms. The van der Waals surface area contributed by atoms with Crippen LogP contribution in [0.1, 0.15) is 42.1 Å². The molecular formula is C21H25BrN2O3. The largest absolute Gasteiger partial charge is 0.493 e. The maximum Gasteiger partial charge on any atom is 0.257 e. The lowest BCUT2D eigenvalue weighted by Crippen LogP contribution is -2.34. The third-order valence-corrected chi connectivity index (χ3v) is 4.55. The van der Waals surface area contributed by atoms with Gasteiger partial charge in [0.15, 0.2) is 0 Å². The monoisotopic (exact) mass is 432 g/mol. The minimum absolute atomic E-state index is 0.110. The smallest absolute Gasteiger partial charge is 0.257 e. The van der Waals surface area contributed by atoms with E-state index in [4.69, 9.17) is 10.5 Å². The lowest BCUT2D eigenvalue weighted by Gasteiger charge is -2.24. The van der Waals surface area contributed by atoms with E-state index in [0.29, 0.717) is 24.5 Å². The molecule has 0 bridgehead atoms. The molecule has 2 rings (SSSR count). The molecule has 2 amide bonds. The van der Waals surface area contributed by atoms with Crippen LogP contribution in [0.2, 0.25) is 0 Å². The maximum atomic E-state index is 13.2. The standard InChI is InChI=1S/C21H25BrN2O3/c1-2-3-13-27-19-10-9-17(22)14-18(19)21(26)24(12-11-20(23)25)15-16-7-5-4-6-8-16/h4-10,14H,2-3,11-13,15H2,1H3,(H2,23,25). The number of amides is 2. The number of nitrogens with zero attached hydrogens (tertiary/aromatic N) is 1. The van der Waals surface area contributed by atoms with Gasteiger partial charge in [0.25, 0.3) is 5.91 Å². The Hall–Kier alpha value is -2.34. The van der Waals surface area contributed by atoms with Crippen LogP contribution in [0.15, 0.2) is 53.0 Å². The van der Waals surface area contributed by atoms with E-state index >= 15 is 0 Å². The number of carbonyl (C=O) groups excluding carboxylic acids is 2. The maximum absolute atomic E-state index is 13.2. The molecule has 0 heterocycles. The number of nitrogens with two attached hydrogens (primary N) is 1. The van der Waals surface area contributed by atoms with Crippen LogP contribution in [0, 0.1) is 0 Å². The zero-order valence-electron chi connectivity index (χ0n) is 15.5. The molecule has 0 aliphatic carbocycles. The highest BCUT2D eigenvalue weighted by molar-refractivity contribution is 9.10. The van der Waals surface area contributed by atoms with Crippen LogP contribution >= 0.6 is 15.9 Å². The van der Waals surface area contributed by atoms with Gasteiger partial charge in [0, 0.05) is 24.0 Å². The number of hydrogen-bond acceptors (Lipinski definition) is 3. The Labute approximate surface area is 168 Å². The topological polar surface area (TPSA) is 72.6 Å². The van der Waals surface area contributed by atoms with E-state index in [1.807, 2.05) is 36.4 Å². The van der Waals surface area contributed by atoms with Gasteiger partial charge in [-0.15, -0.1) is 0 Å². The van der Waals surface area contributed by atoms with Gasteiger partial charge in [-0.25, -0.2) is 0 Å². The molecule has 27 heavy (non-hydrogen) atoms. The molecule has 0 aliphatic heterocycles. The first-order chi connectivity index (χ1) is 13.0. The SMILES string of the molecule is CCCCOc1ccc(Br)cc1C(=O)N(CCC(N)=O)Cc1ccccc1. The molecule has 5 nitrogen and oxygen atoms in total. The van der Waals surface area contributed by atoms with Crippen molar-refractivity contribution < 1.29 is 14.3 Å². The fourth-order valence-electron chi connectivity index (χ4n) is 2.59. The molecule has 2 aromatic rings. The summed E-state index contributed by atoms with van der Waals surface area (Å²) in [7, 11) is 0. The Morgan fingerprint density at radius 1 is 1.15 bits per heavy atom. The second kappa shape index (κ2) is 10.7. The lowest BCUT2D eigenvalue weighted by molar-refractivity contribution is -0.118. The van der Waals surface area contributed by atoms with Crippen LogP contribution in [0.3, 0.4) is 0 Å². The Balaban J connectivity index is 2.27. The van der Waals surface area contributed by atoms with Crippen molar-refractivity contribution in [1.82, 2.24) is 4.90 Å². The summed E-state index contributed by atoms with van der Waals surface area (Å²) in [5.74, 6) is -0.0730. The highest BCUT2D eigenvalue weighted by atomic mass is 79.9. The van der Waals surface area contributed by atoms with E-state index in [1.165, 1.54) is 0 Å². The molecule has 2 aromatic carbocycles. The predicted molar refractivity (Wildman–Crippen MR) is 110 cm³/mol. The van der Waals surface area contributed by atoms with Crippen molar-refractivity contribution in [1.29, 1.82) is 0 Å². The average molecular weight is 433 g/mol. The van der Waals surface area contributed by atoms with Crippen LogP contribution in [0.4, 0.5) is 0 Å². The first-order valence-corrected chi connectivity index (χ1v) is 9.84. The first-order valence-electron chi connectivity index (χ1n) is 9.05. The minimum Gasteiger partial charge on any atom is -0.493 e. The fraction of sp³-hybridized carbons (Fsp3) is 0.333. The highest BCUT2D eigenvalue weighted by Gasteiger charge is 2.21. The predicted octanol–water partition coefficient (Wildman–Crippen LogP) is 4.15. The van der Waals surface area contributed by atoms with E-state index in [2.05, 4.69) is 22.9 Å². The van der Waals surface area contributed by atoms with E-state index in [9.17, 15) is 9.59 Å².